The molecule has 0 aromatic carbocycles. The zero-order valence-electron chi connectivity index (χ0n) is 11.8. The van der Waals surface area contributed by atoms with Gasteiger partial charge in [-0.05, 0) is 19.4 Å². The molecular formula is C14H15N5OS. The molecule has 3 heterocycles. The van der Waals surface area contributed by atoms with E-state index in [1.54, 1.807) is 24.7 Å². The van der Waals surface area contributed by atoms with Gasteiger partial charge in [-0.15, -0.1) is 11.3 Å². The lowest BCUT2D eigenvalue weighted by atomic mass is 10.2. The molecule has 7 heteroatoms. The van der Waals surface area contributed by atoms with Crippen molar-refractivity contribution >= 4 is 22.2 Å². The fourth-order valence-corrected chi connectivity index (χ4v) is 2.58. The van der Waals surface area contributed by atoms with Crippen molar-refractivity contribution in [1.82, 2.24) is 19.4 Å². The number of nitrogens with zero attached hydrogens (tertiary/aromatic N) is 4. The Morgan fingerprint density at radius 1 is 1.43 bits per heavy atom. The van der Waals surface area contributed by atoms with Crippen molar-refractivity contribution in [3.8, 4) is 11.3 Å². The quantitative estimate of drug-likeness (QED) is 0.801. The predicted molar refractivity (Wildman–Crippen MR) is 83.7 cm³/mol. The van der Waals surface area contributed by atoms with E-state index in [4.69, 9.17) is 0 Å². The molecule has 6 nitrogen and oxygen atoms in total. The largest absolute Gasteiger partial charge is 0.352 e. The molecule has 1 N–H and O–H groups in total. The Balaban J connectivity index is 2.04. The molecule has 0 saturated carbocycles. The van der Waals surface area contributed by atoms with Gasteiger partial charge in [-0.1, -0.05) is 6.92 Å². The van der Waals surface area contributed by atoms with Crippen LogP contribution in [0.2, 0.25) is 0 Å². The molecule has 0 amide bonds. The van der Waals surface area contributed by atoms with Crippen LogP contribution in [0.5, 0.6) is 0 Å². The second-order valence-electron chi connectivity index (χ2n) is 4.75. The van der Waals surface area contributed by atoms with E-state index in [1.165, 1.54) is 15.7 Å². The molecule has 108 valence electrons. The molecule has 1 atom stereocenters. The molecule has 3 aromatic heterocycles. The lowest BCUT2D eigenvalue weighted by molar-refractivity contribution is 0.753. The number of fused-ring (bicyclic) bond motifs is 1. The molecule has 0 aliphatic rings. The van der Waals surface area contributed by atoms with Crippen molar-refractivity contribution in [2.45, 2.75) is 26.3 Å². The van der Waals surface area contributed by atoms with Crippen LogP contribution in [0.4, 0.5) is 5.95 Å². The monoisotopic (exact) mass is 301 g/mol. The summed E-state index contributed by atoms with van der Waals surface area (Å²) in [4.78, 5) is 26.0. The first-order valence-electron chi connectivity index (χ1n) is 6.74. The van der Waals surface area contributed by atoms with Crippen LogP contribution in [0.15, 0.2) is 34.8 Å². The normalized spacial score (nSPS) is 12.5. The number of rotatable bonds is 4. The third-order valence-corrected chi connectivity index (χ3v) is 4.03. The topological polar surface area (TPSA) is 72.2 Å². The highest BCUT2D eigenvalue weighted by Gasteiger charge is 2.11. The van der Waals surface area contributed by atoms with Gasteiger partial charge in [-0.2, -0.15) is 0 Å². The van der Waals surface area contributed by atoms with Crippen LogP contribution < -0.4 is 10.9 Å². The van der Waals surface area contributed by atoms with E-state index in [-0.39, 0.29) is 11.6 Å². The summed E-state index contributed by atoms with van der Waals surface area (Å²) in [6.07, 6.45) is 5.91. The van der Waals surface area contributed by atoms with Crippen molar-refractivity contribution < 1.29 is 0 Å². The van der Waals surface area contributed by atoms with Crippen LogP contribution in [-0.2, 0) is 0 Å². The zero-order valence-corrected chi connectivity index (χ0v) is 12.6. The molecule has 3 aromatic rings. The summed E-state index contributed by atoms with van der Waals surface area (Å²) >= 11 is 1.43. The lowest BCUT2D eigenvalue weighted by Crippen LogP contribution is -2.17. The van der Waals surface area contributed by atoms with Crippen molar-refractivity contribution in [2.24, 2.45) is 0 Å². The van der Waals surface area contributed by atoms with Crippen molar-refractivity contribution in [3.63, 3.8) is 0 Å². The molecule has 21 heavy (non-hydrogen) atoms. The van der Waals surface area contributed by atoms with Gasteiger partial charge in [0, 0.05) is 30.0 Å². The summed E-state index contributed by atoms with van der Waals surface area (Å²) in [6.45, 7) is 4.15. The smallest absolute Gasteiger partial charge is 0.267 e. The number of thiazole rings is 1. The van der Waals surface area contributed by atoms with Gasteiger partial charge in [0.1, 0.15) is 0 Å². The SMILES string of the molecule is CC[C@H](C)Nc1nccc(-c2cnc3sccn3c2=O)n1. The van der Waals surface area contributed by atoms with Gasteiger partial charge in [-0.3, -0.25) is 9.20 Å². The number of nitrogens with one attached hydrogen (secondary N) is 1. The summed E-state index contributed by atoms with van der Waals surface area (Å²) in [7, 11) is 0. The summed E-state index contributed by atoms with van der Waals surface area (Å²) in [5.74, 6) is 0.525. The summed E-state index contributed by atoms with van der Waals surface area (Å²) in [5, 5.41) is 5.04. The molecular weight excluding hydrogens is 286 g/mol. The van der Waals surface area contributed by atoms with Crippen molar-refractivity contribution in [2.75, 3.05) is 5.32 Å². The minimum absolute atomic E-state index is 0.116. The second-order valence-corrected chi connectivity index (χ2v) is 5.62. The molecule has 0 fully saturated rings. The number of aromatic nitrogens is 4. The number of anilines is 1. The summed E-state index contributed by atoms with van der Waals surface area (Å²) in [6, 6.07) is 2.00. The highest BCUT2D eigenvalue weighted by Crippen LogP contribution is 2.15. The fourth-order valence-electron chi connectivity index (χ4n) is 1.90. The van der Waals surface area contributed by atoms with Crippen LogP contribution in [0.3, 0.4) is 0 Å². The Morgan fingerprint density at radius 3 is 3.10 bits per heavy atom. The van der Waals surface area contributed by atoms with Gasteiger partial charge in [-0.25, -0.2) is 15.0 Å². The first-order chi connectivity index (χ1) is 10.2. The average Bonchev–Trinajstić information content (AvgIpc) is 2.97. The van der Waals surface area contributed by atoms with Gasteiger partial charge >= 0.3 is 0 Å². The Bertz CT molecular complexity index is 825. The Hall–Kier alpha value is -2.28. The maximum absolute atomic E-state index is 12.4. The molecule has 0 unspecified atom stereocenters. The fraction of sp³-hybridized carbons (Fsp3) is 0.286. The second kappa shape index (κ2) is 5.61. The Labute approximate surface area is 125 Å². The van der Waals surface area contributed by atoms with Gasteiger partial charge in [0.2, 0.25) is 5.95 Å². The van der Waals surface area contributed by atoms with E-state index >= 15 is 0 Å². The molecule has 0 saturated heterocycles. The molecule has 0 bridgehead atoms. The highest BCUT2D eigenvalue weighted by atomic mass is 32.1. The van der Waals surface area contributed by atoms with Crippen LogP contribution in [0, 0.1) is 0 Å². The summed E-state index contributed by atoms with van der Waals surface area (Å²) < 4.78 is 1.53. The van der Waals surface area contributed by atoms with Gasteiger partial charge < -0.3 is 5.32 Å². The van der Waals surface area contributed by atoms with Gasteiger partial charge in [0.05, 0.1) is 11.3 Å². The Kier molecular flexibility index (Phi) is 3.66. The molecule has 0 spiro atoms. The average molecular weight is 301 g/mol. The molecule has 3 rings (SSSR count). The lowest BCUT2D eigenvalue weighted by Gasteiger charge is -2.11. The third-order valence-electron chi connectivity index (χ3n) is 3.26. The van der Waals surface area contributed by atoms with Crippen LogP contribution in [0.25, 0.3) is 16.2 Å². The van der Waals surface area contributed by atoms with Crippen molar-refractivity contribution in [3.05, 3.63) is 40.4 Å². The maximum Gasteiger partial charge on any atom is 0.267 e. The Morgan fingerprint density at radius 2 is 2.29 bits per heavy atom. The maximum atomic E-state index is 12.4. The predicted octanol–water partition coefficient (Wildman–Crippen LogP) is 2.42. The number of hydrogen-bond donors (Lipinski definition) is 1. The van der Waals surface area contributed by atoms with E-state index in [0.717, 1.165) is 6.42 Å². The van der Waals surface area contributed by atoms with Gasteiger partial charge in [0.15, 0.2) is 4.96 Å². The third kappa shape index (κ3) is 2.64. The minimum Gasteiger partial charge on any atom is -0.352 e. The van der Waals surface area contributed by atoms with E-state index in [0.29, 0.717) is 22.2 Å². The first kappa shape index (κ1) is 13.7. The standard InChI is InChI=1S/C14H15N5OS/c1-3-9(2)17-13-15-5-4-11(18-13)10-8-16-14-19(12(10)20)6-7-21-14/h4-9H,3H2,1-2H3,(H,15,17,18)/t9-/m0/s1. The molecule has 0 radical (unpaired) electrons. The minimum atomic E-state index is -0.116. The van der Waals surface area contributed by atoms with E-state index in [1.807, 2.05) is 5.38 Å². The highest BCUT2D eigenvalue weighted by molar-refractivity contribution is 7.15. The van der Waals surface area contributed by atoms with E-state index in [9.17, 15) is 4.79 Å². The molecule has 0 aliphatic carbocycles. The number of hydrogen-bond acceptors (Lipinski definition) is 6. The van der Waals surface area contributed by atoms with Crippen molar-refractivity contribution in [1.29, 1.82) is 0 Å². The summed E-state index contributed by atoms with van der Waals surface area (Å²) in [5.41, 5.74) is 0.934. The van der Waals surface area contributed by atoms with Gasteiger partial charge in [0.25, 0.3) is 5.56 Å². The van der Waals surface area contributed by atoms with Crippen LogP contribution in [0.1, 0.15) is 20.3 Å². The van der Waals surface area contributed by atoms with Crippen LogP contribution >= 0.6 is 11.3 Å². The van der Waals surface area contributed by atoms with Crippen LogP contribution in [-0.4, -0.2) is 25.4 Å². The van der Waals surface area contributed by atoms with E-state index < -0.39 is 0 Å². The zero-order chi connectivity index (χ0) is 14.8. The van der Waals surface area contributed by atoms with E-state index in [2.05, 4.69) is 34.1 Å². The first-order valence-corrected chi connectivity index (χ1v) is 7.62. The molecule has 0 aliphatic heterocycles.